The van der Waals surface area contributed by atoms with E-state index >= 15 is 0 Å². The molecular formula is C78H101B6F7N6O18. The van der Waals surface area contributed by atoms with Gasteiger partial charge in [-0.1, -0.05) is 140 Å². The molecule has 0 bridgehead atoms. The predicted molar refractivity (Wildman–Crippen MR) is 423 cm³/mol. The number of hydrogen-bond donors (Lipinski definition) is 12. The van der Waals surface area contributed by atoms with E-state index in [0.29, 0.717) is 114 Å². The van der Waals surface area contributed by atoms with Crippen molar-refractivity contribution >= 4 is 111 Å². The minimum absolute atomic E-state index is 0.0163. The largest absolute Gasteiger partial charge is 0.491 e. The quantitative estimate of drug-likeness (QED) is 0.0278. The first kappa shape index (κ1) is 93.7. The van der Waals surface area contributed by atoms with Crippen LogP contribution in [-0.2, 0) is 67.6 Å². The van der Waals surface area contributed by atoms with Gasteiger partial charge in [-0.25, -0.2) is 30.7 Å². The second-order valence-electron chi connectivity index (χ2n) is 29.5. The van der Waals surface area contributed by atoms with Crippen molar-refractivity contribution in [2.24, 2.45) is 35.5 Å². The van der Waals surface area contributed by atoms with Crippen LogP contribution >= 0.6 is 0 Å². The van der Waals surface area contributed by atoms with Crippen molar-refractivity contribution in [3.8, 4) is 0 Å². The van der Waals surface area contributed by atoms with Gasteiger partial charge in [0.15, 0.2) is 23.3 Å². The fourth-order valence-corrected chi connectivity index (χ4v) is 11.9. The van der Waals surface area contributed by atoms with Gasteiger partial charge in [0.2, 0.25) is 0 Å². The Morgan fingerprint density at radius 1 is 0.322 bits per heavy atom. The molecule has 12 rings (SSSR count). The van der Waals surface area contributed by atoms with E-state index in [1.165, 1.54) is 36.4 Å². The molecule has 6 atom stereocenters. The topological polar surface area (TPSA) is 351 Å². The van der Waals surface area contributed by atoms with Gasteiger partial charge in [-0.2, -0.15) is 0 Å². The molecule has 0 spiro atoms. The van der Waals surface area contributed by atoms with Crippen LogP contribution in [0.25, 0.3) is 0 Å². The Kier molecular flexibility index (Phi) is 36.0. The van der Waals surface area contributed by atoms with E-state index in [0.717, 1.165) is 56.2 Å². The number of rotatable bonds is 24. The van der Waals surface area contributed by atoms with E-state index in [-0.39, 0.29) is 107 Å². The van der Waals surface area contributed by atoms with Crippen LogP contribution in [0.2, 0.25) is 0 Å². The molecular weight excluding hydrogens is 1510 g/mol. The zero-order valence-electron chi connectivity index (χ0n) is 66.7. The third kappa shape index (κ3) is 24.6. The molecule has 618 valence electrons. The highest BCUT2D eigenvalue weighted by molar-refractivity contribution is 6.64. The van der Waals surface area contributed by atoms with Crippen LogP contribution in [0, 0.1) is 76.2 Å². The number of halogens is 7. The fraction of sp³-hybridized carbons (Fsp3) is 0.462. The van der Waals surface area contributed by atoms with Crippen molar-refractivity contribution in [3.63, 3.8) is 0 Å². The Labute approximate surface area is 667 Å². The molecule has 6 aromatic carbocycles. The zero-order chi connectivity index (χ0) is 84.8. The molecule has 12 N–H and O–H groups in total. The maximum absolute atomic E-state index is 13.9. The molecule has 0 aromatic heterocycles. The fourth-order valence-electron chi connectivity index (χ4n) is 11.9. The van der Waals surface area contributed by atoms with Gasteiger partial charge in [0.25, 0.3) is 35.4 Å². The Morgan fingerprint density at radius 2 is 0.670 bits per heavy atom. The van der Waals surface area contributed by atoms with E-state index in [1.54, 1.807) is 18.2 Å². The predicted octanol–water partition coefficient (Wildman–Crippen LogP) is 5.05. The summed E-state index contributed by atoms with van der Waals surface area (Å²) < 4.78 is 126. The standard InChI is InChI=1S/2C13H16BF2NO3.3C13H17BFNO3.C13H18BNO3/c1-3-7(2)5-17-13(18)11-8-6-20-14(19)9(8)4-10(15)12(11)16;1-3-7(2)5-17-13(18)8-4-10-9(6-20-14(10)19)12(16)11(8)15;1-3-8(2)6-16-13(17)9-4-11-10(12(15)5-9)7-19-14(11)18;1-3-8(2)6-16-13(17)10-4-9(15)5-12-11(10)7-19-14(12)18;1-3-8(2)6-16-13(17)12-9-7-19-14(18)10(9)4-5-11(12)15;1-3-9(2)7-15-13(16)10-5-4-6-12-11(10)8-18-14(12)17/h2*4,7,19H,3,5-6H2,1-2H3,(H,17,18);3*4-5,8,18H,3,6-7H2,1-2H3,(H,16,17);4-6,9,17H,3,7-8H2,1-2H3,(H,15,16). The molecule has 6 unspecified atom stereocenters. The second kappa shape index (κ2) is 44.2. The number of nitrogens with one attached hydrogen (secondary N) is 6. The molecule has 115 heavy (non-hydrogen) atoms. The molecule has 0 fully saturated rings. The van der Waals surface area contributed by atoms with Crippen LogP contribution in [0.15, 0.2) is 66.7 Å². The first-order valence-electron chi connectivity index (χ1n) is 38.7. The minimum Gasteiger partial charge on any atom is -0.423 e. The zero-order valence-corrected chi connectivity index (χ0v) is 66.7. The van der Waals surface area contributed by atoms with E-state index in [1.807, 2.05) is 69.2 Å². The number of amides is 6. The van der Waals surface area contributed by atoms with Crippen LogP contribution in [0.4, 0.5) is 30.7 Å². The van der Waals surface area contributed by atoms with Crippen molar-refractivity contribution in [2.75, 3.05) is 39.3 Å². The normalized spacial score (nSPS) is 15.2. The SMILES string of the molecule is CCC(C)CNC(=O)c1c(F)c(F)cc2c1COB2O.CCC(C)CNC(=O)c1c(F)ccc2c1COB2O.CCC(C)CNC(=O)c1cc(F)c2c(c1)B(O)OC2.CCC(C)CNC(=O)c1cc(F)cc2c1COB2O.CCC(C)CNC(=O)c1cc2c(c(F)c1F)COB2O.CCC(C)CNC(=O)c1cccc2c1COB2O. The third-order valence-corrected chi connectivity index (χ3v) is 20.9. The van der Waals surface area contributed by atoms with Crippen LogP contribution in [0.1, 0.15) is 217 Å². The summed E-state index contributed by atoms with van der Waals surface area (Å²) in [5, 5.41) is 73.6. The van der Waals surface area contributed by atoms with Gasteiger partial charge in [0, 0.05) is 67.1 Å². The van der Waals surface area contributed by atoms with Crippen LogP contribution in [-0.4, -0.2) is 148 Å². The minimum atomic E-state index is -1.32. The summed E-state index contributed by atoms with van der Waals surface area (Å²) >= 11 is 0. The maximum Gasteiger partial charge on any atom is 0.491 e. The van der Waals surface area contributed by atoms with Crippen molar-refractivity contribution in [2.45, 2.75) is 161 Å². The van der Waals surface area contributed by atoms with Gasteiger partial charge in [0.1, 0.15) is 17.5 Å². The van der Waals surface area contributed by atoms with Gasteiger partial charge in [-0.15, -0.1) is 0 Å². The van der Waals surface area contributed by atoms with Gasteiger partial charge >= 0.3 is 42.7 Å². The summed E-state index contributed by atoms with van der Waals surface area (Å²) in [7, 11) is -6.90. The summed E-state index contributed by atoms with van der Waals surface area (Å²) in [6.45, 7) is 27.4. The Bertz CT molecular complexity index is 4410. The lowest BCUT2D eigenvalue weighted by Gasteiger charge is -2.13. The average Bonchev–Trinajstić information content (AvgIpc) is 1.72. The van der Waals surface area contributed by atoms with Crippen LogP contribution < -0.4 is 64.7 Å². The van der Waals surface area contributed by atoms with Gasteiger partial charge < -0.3 is 90.0 Å². The lowest BCUT2D eigenvalue weighted by atomic mass is 9.78. The monoisotopic (exact) mass is 1610 g/mol. The molecule has 6 aliphatic rings. The molecule has 6 heterocycles. The number of carbonyl (C=O) groups excluding carboxylic acids is 6. The van der Waals surface area contributed by atoms with E-state index in [2.05, 4.69) is 45.7 Å². The van der Waals surface area contributed by atoms with E-state index < -0.39 is 107 Å². The van der Waals surface area contributed by atoms with Gasteiger partial charge in [0.05, 0.1) is 56.3 Å². The lowest BCUT2D eigenvalue weighted by Crippen LogP contribution is -2.34. The van der Waals surface area contributed by atoms with Crippen LogP contribution in [0.5, 0.6) is 0 Å². The van der Waals surface area contributed by atoms with Gasteiger partial charge in [-0.3, -0.25) is 28.8 Å². The molecule has 0 saturated heterocycles. The molecule has 24 nitrogen and oxygen atoms in total. The summed E-state index contributed by atoms with van der Waals surface area (Å²) in [6, 6.07) is 15.1. The number of fused-ring (bicyclic) bond motifs is 6. The number of hydrogen-bond acceptors (Lipinski definition) is 18. The van der Waals surface area contributed by atoms with Gasteiger partial charge in [-0.05, 0) is 139 Å². The summed E-state index contributed by atoms with van der Waals surface area (Å²) in [5.74, 6) is -6.89. The molecule has 6 aromatic rings. The Balaban J connectivity index is 0.000000191. The summed E-state index contributed by atoms with van der Waals surface area (Å²) in [4.78, 5) is 72.1. The first-order chi connectivity index (χ1) is 54.6. The lowest BCUT2D eigenvalue weighted by molar-refractivity contribution is 0.0932. The Morgan fingerprint density at radius 3 is 1.14 bits per heavy atom. The van der Waals surface area contributed by atoms with Crippen molar-refractivity contribution in [3.05, 3.63) is 174 Å². The molecule has 0 aliphatic carbocycles. The Hall–Kier alpha value is -8.44. The van der Waals surface area contributed by atoms with Crippen molar-refractivity contribution < 1.29 is 118 Å². The molecule has 6 aliphatic heterocycles. The molecule has 6 amide bonds. The van der Waals surface area contributed by atoms with Crippen molar-refractivity contribution in [1.29, 1.82) is 0 Å². The third-order valence-electron chi connectivity index (χ3n) is 20.9. The average molecular weight is 1610 g/mol. The van der Waals surface area contributed by atoms with Crippen LogP contribution in [0.3, 0.4) is 0 Å². The second-order valence-corrected chi connectivity index (χ2v) is 29.5. The highest BCUT2D eigenvalue weighted by Gasteiger charge is 2.39. The number of benzene rings is 6. The molecule has 37 heteroatoms. The maximum atomic E-state index is 13.9. The molecule has 0 radical (unpaired) electrons. The highest BCUT2D eigenvalue weighted by atomic mass is 19.2. The highest BCUT2D eigenvalue weighted by Crippen LogP contribution is 2.26. The smallest absolute Gasteiger partial charge is 0.423 e. The summed E-state index contributed by atoms with van der Waals surface area (Å²) in [6.07, 6.45) is 5.64. The first-order valence-corrected chi connectivity index (χ1v) is 38.7. The molecule has 0 saturated carbocycles. The summed E-state index contributed by atoms with van der Waals surface area (Å²) in [5.41, 5.74) is 4.63. The van der Waals surface area contributed by atoms with E-state index in [4.69, 9.17) is 27.9 Å². The van der Waals surface area contributed by atoms with E-state index in [9.17, 15) is 89.6 Å². The number of carbonyl (C=O) groups is 6. The van der Waals surface area contributed by atoms with Crippen molar-refractivity contribution in [1.82, 2.24) is 31.9 Å².